The van der Waals surface area contributed by atoms with E-state index in [2.05, 4.69) is 16.6 Å². The molecule has 0 aliphatic heterocycles. The molecule has 0 unspecified atom stereocenters. The molecule has 0 radical (unpaired) electrons. The van der Waals surface area contributed by atoms with E-state index in [4.69, 9.17) is 5.73 Å². The number of anilines is 1. The Hall–Kier alpha value is -1.10. The Labute approximate surface area is 95.0 Å². The average molecular weight is 229 g/mol. The normalized spacial score (nSPS) is 9.00. The number of hydrogen-bond donors (Lipinski definition) is 2. The maximum Gasteiger partial charge on any atom is 0.207 e. The van der Waals surface area contributed by atoms with Crippen LogP contribution in [0.2, 0.25) is 0 Å². The van der Waals surface area contributed by atoms with Crippen LogP contribution >= 0.6 is 11.5 Å². The number of nitrogens with one attached hydrogen (secondary N) is 1. The molecule has 3 N–H and O–H groups in total. The second-order valence-corrected chi connectivity index (χ2v) is 3.99. The quantitative estimate of drug-likeness (QED) is 0.612. The maximum atomic E-state index is 9.57. The Morgan fingerprint density at radius 1 is 1.53 bits per heavy atom. The van der Waals surface area contributed by atoms with Crippen molar-refractivity contribution in [2.24, 2.45) is 0 Å². The lowest BCUT2D eigenvalue weighted by Gasteiger charge is -1.90. The minimum absolute atomic E-state index is 0.732. The molecule has 1 aromatic rings. The van der Waals surface area contributed by atoms with Gasteiger partial charge in [-0.3, -0.25) is 4.79 Å². The monoisotopic (exact) mass is 229 g/mol. The van der Waals surface area contributed by atoms with Crippen LogP contribution < -0.4 is 11.1 Å². The molecule has 0 spiro atoms. The molecular weight excluding hydrogens is 210 g/mol. The number of rotatable bonds is 4. The third-order valence-electron chi connectivity index (χ3n) is 1.95. The zero-order chi connectivity index (χ0) is 11.7. The summed E-state index contributed by atoms with van der Waals surface area (Å²) < 4.78 is 4.03. The zero-order valence-electron chi connectivity index (χ0n) is 9.54. The molecule has 0 fully saturated rings. The zero-order valence-corrected chi connectivity index (χ0v) is 10.4. The molecule has 15 heavy (non-hydrogen) atoms. The highest BCUT2D eigenvalue weighted by Gasteiger charge is 1.98. The topological polar surface area (TPSA) is 68.0 Å². The van der Waals surface area contributed by atoms with Crippen molar-refractivity contribution in [3.63, 3.8) is 0 Å². The van der Waals surface area contributed by atoms with Crippen molar-refractivity contribution in [2.75, 3.05) is 12.3 Å². The molecule has 0 saturated heterocycles. The molecule has 1 heterocycles. The van der Waals surface area contributed by atoms with Gasteiger partial charge in [0.15, 0.2) is 0 Å². The van der Waals surface area contributed by atoms with Crippen molar-refractivity contribution in [3.8, 4) is 0 Å². The van der Waals surface area contributed by atoms with Gasteiger partial charge < -0.3 is 11.1 Å². The van der Waals surface area contributed by atoms with E-state index in [1.807, 2.05) is 13.8 Å². The number of nitrogens with two attached hydrogens (primary N) is 1. The van der Waals surface area contributed by atoms with Gasteiger partial charge in [0.25, 0.3) is 0 Å². The second-order valence-electron chi connectivity index (χ2n) is 3.18. The molecule has 1 amide bonds. The van der Waals surface area contributed by atoms with E-state index in [9.17, 15) is 4.79 Å². The highest BCUT2D eigenvalue weighted by Crippen LogP contribution is 2.17. The molecule has 4 nitrogen and oxygen atoms in total. The predicted octanol–water partition coefficient (Wildman–Crippen LogP) is 1.87. The molecule has 0 aromatic carbocycles. The fourth-order valence-corrected chi connectivity index (χ4v) is 1.43. The first-order valence-electron chi connectivity index (χ1n) is 4.98. The van der Waals surface area contributed by atoms with Gasteiger partial charge in [0.1, 0.15) is 5.00 Å². The number of nitrogen functional groups attached to an aromatic ring is 1. The number of amides is 1. The highest BCUT2D eigenvalue weighted by molar-refractivity contribution is 7.10. The largest absolute Gasteiger partial charge is 0.389 e. The molecule has 0 atom stereocenters. The van der Waals surface area contributed by atoms with Gasteiger partial charge in [0, 0.05) is 12.1 Å². The molecule has 86 valence electrons. The first-order chi connectivity index (χ1) is 7.13. The van der Waals surface area contributed by atoms with E-state index in [-0.39, 0.29) is 0 Å². The van der Waals surface area contributed by atoms with Crippen LogP contribution in [0.1, 0.15) is 31.0 Å². The number of hydrogen-bond acceptors (Lipinski definition) is 4. The first-order valence-corrected chi connectivity index (χ1v) is 5.76. The van der Waals surface area contributed by atoms with Crippen LogP contribution in [-0.4, -0.2) is 17.3 Å². The van der Waals surface area contributed by atoms with Gasteiger partial charge in [-0.2, -0.15) is 4.37 Å². The van der Waals surface area contributed by atoms with Gasteiger partial charge >= 0.3 is 0 Å². The molecule has 0 aliphatic rings. The van der Waals surface area contributed by atoms with Gasteiger partial charge in [-0.1, -0.05) is 13.3 Å². The minimum atomic E-state index is 0.732. The summed E-state index contributed by atoms with van der Waals surface area (Å²) in [6.07, 6.45) is 2.95. The molecule has 0 aliphatic carbocycles. The Balaban J connectivity index is 0.000000265. The number of carbonyl (C=O) groups is 1. The Kier molecular flexibility index (Phi) is 7.62. The molecule has 0 bridgehead atoms. The van der Waals surface area contributed by atoms with Crippen molar-refractivity contribution in [1.82, 2.24) is 9.69 Å². The fraction of sp³-hybridized carbons (Fsp3) is 0.600. The van der Waals surface area contributed by atoms with Crippen molar-refractivity contribution < 1.29 is 4.79 Å². The maximum absolute atomic E-state index is 9.57. The lowest BCUT2D eigenvalue weighted by molar-refractivity contribution is -0.109. The summed E-state index contributed by atoms with van der Waals surface area (Å²) in [6, 6.07) is 0. The third kappa shape index (κ3) is 6.06. The highest BCUT2D eigenvalue weighted by atomic mass is 32.1. The lowest BCUT2D eigenvalue weighted by atomic mass is 10.3. The van der Waals surface area contributed by atoms with Gasteiger partial charge in [-0.25, -0.2) is 0 Å². The summed E-state index contributed by atoms with van der Waals surface area (Å²) >= 11 is 1.36. The van der Waals surface area contributed by atoms with Crippen molar-refractivity contribution >= 4 is 22.9 Å². The Bertz CT molecular complexity index is 267. The van der Waals surface area contributed by atoms with E-state index in [1.165, 1.54) is 11.5 Å². The van der Waals surface area contributed by atoms with Crippen LogP contribution in [0.25, 0.3) is 0 Å². The lowest BCUT2D eigenvalue weighted by Crippen LogP contribution is -2.11. The number of nitrogens with zero attached hydrogens (tertiary/aromatic N) is 1. The van der Waals surface area contributed by atoms with E-state index >= 15 is 0 Å². The van der Waals surface area contributed by atoms with Crippen LogP contribution in [0.4, 0.5) is 5.00 Å². The number of carbonyl (C=O) groups excluding carboxylic acids is 1. The van der Waals surface area contributed by atoms with E-state index in [0.29, 0.717) is 0 Å². The number of aromatic nitrogens is 1. The molecule has 1 rings (SSSR count). The standard InChI is InChI=1S/C5H8N2S.C5H11NO/c1-3-4(2)7-8-5(3)6;1-2-3-4-6-5-7/h6H2,1-2H3;5H,2-4H2,1H3,(H,6,7). The summed E-state index contributed by atoms with van der Waals surface area (Å²) in [5.74, 6) is 0. The Morgan fingerprint density at radius 3 is 2.47 bits per heavy atom. The van der Waals surface area contributed by atoms with Crippen molar-refractivity contribution in [2.45, 2.75) is 33.6 Å². The molecule has 5 heteroatoms. The van der Waals surface area contributed by atoms with Crippen LogP contribution in [-0.2, 0) is 4.79 Å². The minimum Gasteiger partial charge on any atom is -0.389 e. The second kappa shape index (κ2) is 8.23. The van der Waals surface area contributed by atoms with Crippen LogP contribution in [0.5, 0.6) is 0 Å². The van der Waals surface area contributed by atoms with Gasteiger partial charge in [-0.05, 0) is 31.8 Å². The smallest absolute Gasteiger partial charge is 0.207 e. The third-order valence-corrected chi connectivity index (χ3v) is 2.82. The average Bonchev–Trinajstić information content (AvgIpc) is 2.52. The van der Waals surface area contributed by atoms with Gasteiger partial charge in [-0.15, -0.1) is 0 Å². The fourth-order valence-electron chi connectivity index (χ4n) is 0.771. The van der Waals surface area contributed by atoms with Crippen molar-refractivity contribution in [1.29, 1.82) is 0 Å². The summed E-state index contributed by atoms with van der Waals surface area (Å²) in [7, 11) is 0. The van der Waals surface area contributed by atoms with Gasteiger partial charge in [0.05, 0.1) is 5.69 Å². The van der Waals surface area contributed by atoms with E-state index in [1.54, 1.807) is 0 Å². The molecular formula is C10H19N3OS. The van der Waals surface area contributed by atoms with Crippen LogP contribution in [0.15, 0.2) is 0 Å². The predicted molar refractivity (Wildman–Crippen MR) is 65.0 cm³/mol. The van der Waals surface area contributed by atoms with Crippen LogP contribution in [0.3, 0.4) is 0 Å². The Morgan fingerprint density at radius 2 is 2.20 bits per heavy atom. The molecule has 0 saturated carbocycles. The van der Waals surface area contributed by atoms with E-state index in [0.717, 1.165) is 42.1 Å². The molecule has 1 aromatic heterocycles. The number of unbranched alkanes of at least 4 members (excludes halogenated alkanes) is 1. The summed E-state index contributed by atoms with van der Waals surface area (Å²) in [4.78, 5) is 9.57. The summed E-state index contributed by atoms with van der Waals surface area (Å²) in [5.41, 5.74) is 7.67. The van der Waals surface area contributed by atoms with Crippen LogP contribution in [0, 0.1) is 13.8 Å². The summed E-state index contributed by atoms with van der Waals surface area (Å²) in [5, 5.41) is 3.40. The SMILES string of the molecule is CCCCNC=O.Cc1nsc(N)c1C. The van der Waals surface area contributed by atoms with Gasteiger partial charge in [0.2, 0.25) is 6.41 Å². The van der Waals surface area contributed by atoms with E-state index < -0.39 is 0 Å². The van der Waals surface area contributed by atoms with Crippen molar-refractivity contribution in [3.05, 3.63) is 11.3 Å². The first kappa shape index (κ1) is 13.9. The number of aryl methyl sites for hydroxylation is 1. The summed E-state index contributed by atoms with van der Waals surface area (Å²) in [6.45, 7) is 6.85.